The normalized spacial score (nSPS) is 21.1. The molecule has 0 spiro atoms. The zero-order valence-electron chi connectivity index (χ0n) is 17.9. The molecule has 0 aliphatic heterocycles. The highest BCUT2D eigenvalue weighted by Gasteiger charge is 2.28. The summed E-state index contributed by atoms with van der Waals surface area (Å²) in [5.41, 5.74) is 1.22. The summed E-state index contributed by atoms with van der Waals surface area (Å²) in [5.74, 6) is 1.88. The molecule has 1 amide bonds. The maximum absolute atomic E-state index is 12.3. The molecule has 0 saturated heterocycles. The van der Waals surface area contributed by atoms with Gasteiger partial charge >= 0.3 is 0 Å². The van der Waals surface area contributed by atoms with Gasteiger partial charge in [-0.25, -0.2) is 0 Å². The van der Waals surface area contributed by atoms with Crippen LogP contribution in [-0.4, -0.2) is 43.6 Å². The largest absolute Gasteiger partial charge is 0.489 e. The highest BCUT2D eigenvalue weighted by molar-refractivity contribution is 5.81. The van der Waals surface area contributed by atoms with E-state index in [2.05, 4.69) is 27.9 Å². The van der Waals surface area contributed by atoms with Crippen molar-refractivity contribution >= 4 is 11.9 Å². The second-order valence-electron chi connectivity index (χ2n) is 8.06. The molecule has 1 saturated carbocycles. The van der Waals surface area contributed by atoms with Crippen molar-refractivity contribution in [3.63, 3.8) is 0 Å². The molecular formula is C22H36N4O2. The summed E-state index contributed by atoms with van der Waals surface area (Å²) in [6.45, 7) is 8.75. The molecule has 6 heteroatoms. The maximum atomic E-state index is 12.3. The summed E-state index contributed by atoms with van der Waals surface area (Å²) < 4.78 is 5.94. The Bertz CT molecular complexity index is 642. The molecule has 6 nitrogen and oxygen atoms in total. The number of aliphatic imine (C=N–C) groups is 1. The molecule has 0 heterocycles. The van der Waals surface area contributed by atoms with Gasteiger partial charge in [-0.1, -0.05) is 24.1 Å². The van der Waals surface area contributed by atoms with E-state index in [1.807, 2.05) is 45.0 Å². The molecule has 1 fully saturated rings. The van der Waals surface area contributed by atoms with Gasteiger partial charge in [0.2, 0.25) is 5.91 Å². The molecular weight excluding hydrogens is 352 g/mol. The lowest BCUT2D eigenvalue weighted by atomic mass is 9.85. The van der Waals surface area contributed by atoms with E-state index in [9.17, 15) is 4.79 Å². The predicted octanol–water partition coefficient (Wildman–Crippen LogP) is 3.01. The van der Waals surface area contributed by atoms with Crippen molar-refractivity contribution in [3.05, 3.63) is 29.8 Å². The minimum atomic E-state index is 0.0113. The molecule has 3 unspecified atom stereocenters. The number of nitrogens with one attached hydrogen (secondary N) is 3. The van der Waals surface area contributed by atoms with Crippen molar-refractivity contribution in [2.24, 2.45) is 10.9 Å². The van der Waals surface area contributed by atoms with Crippen molar-refractivity contribution in [1.82, 2.24) is 16.0 Å². The van der Waals surface area contributed by atoms with Crippen LogP contribution in [0.25, 0.3) is 0 Å². The first-order chi connectivity index (χ1) is 13.4. The number of carbonyl (C=O) groups excluding carboxylic acids is 1. The van der Waals surface area contributed by atoms with E-state index >= 15 is 0 Å². The monoisotopic (exact) mass is 388 g/mol. The van der Waals surface area contributed by atoms with Crippen molar-refractivity contribution in [1.29, 1.82) is 0 Å². The van der Waals surface area contributed by atoms with E-state index in [0.717, 1.165) is 37.4 Å². The molecule has 1 aromatic carbocycles. The maximum Gasteiger partial charge on any atom is 0.223 e. The zero-order chi connectivity index (χ0) is 20.5. The van der Waals surface area contributed by atoms with E-state index in [1.54, 1.807) is 7.05 Å². The second-order valence-corrected chi connectivity index (χ2v) is 8.06. The van der Waals surface area contributed by atoms with Crippen LogP contribution < -0.4 is 20.7 Å². The van der Waals surface area contributed by atoms with Gasteiger partial charge in [0.15, 0.2) is 5.96 Å². The van der Waals surface area contributed by atoms with E-state index < -0.39 is 0 Å². The zero-order valence-corrected chi connectivity index (χ0v) is 17.9. The SMILES string of the molecule is CN=C(NCC(C)Oc1ccc(C)cc1)NC1CCCC(C(=O)NC(C)C)C1. The van der Waals surface area contributed by atoms with Crippen molar-refractivity contribution in [2.75, 3.05) is 13.6 Å². The first-order valence-electron chi connectivity index (χ1n) is 10.4. The van der Waals surface area contributed by atoms with Gasteiger partial charge in [-0.3, -0.25) is 9.79 Å². The van der Waals surface area contributed by atoms with Crippen molar-refractivity contribution in [3.8, 4) is 5.75 Å². The summed E-state index contributed by atoms with van der Waals surface area (Å²) in [5, 5.41) is 9.85. The molecule has 2 rings (SSSR count). The third-order valence-corrected chi connectivity index (χ3v) is 4.96. The quantitative estimate of drug-likeness (QED) is 0.496. The van der Waals surface area contributed by atoms with Gasteiger partial charge in [-0.05, 0) is 59.1 Å². The minimum absolute atomic E-state index is 0.0113. The number of amides is 1. The molecule has 1 aliphatic carbocycles. The molecule has 28 heavy (non-hydrogen) atoms. The van der Waals surface area contributed by atoms with Crippen LogP contribution in [0.1, 0.15) is 52.0 Å². The fourth-order valence-corrected chi connectivity index (χ4v) is 3.48. The average molecular weight is 389 g/mol. The van der Waals surface area contributed by atoms with Crippen LogP contribution in [0, 0.1) is 12.8 Å². The highest BCUT2D eigenvalue weighted by atomic mass is 16.5. The third-order valence-electron chi connectivity index (χ3n) is 4.96. The third kappa shape index (κ3) is 7.41. The van der Waals surface area contributed by atoms with Crippen molar-refractivity contribution in [2.45, 2.75) is 71.6 Å². The van der Waals surface area contributed by atoms with Crippen LogP contribution in [-0.2, 0) is 4.79 Å². The molecule has 1 aromatic rings. The number of aryl methyl sites for hydroxylation is 1. The standard InChI is InChI=1S/C22H36N4O2/c1-15(2)25-21(27)18-7-6-8-19(13-18)26-22(23-5)24-14-17(4)28-20-11-9-16(3)10-12-20/h9-12,15,17-19H,6-8,13-14H2,1-5H3,(H,25,27)(H2,23,24,26). The Morgan fingerprint density at radius 2 is 1.93 bits per heavy atom. The summed E-state index contributed by atoms with van der Waals surface area (Å²) in [4.78, 5) is 16.6. The molecule has 3 N–H and O–H groups in total. The fraction of sp³-hybridized carbons (Fsp3) is 0.636. The van der Waals surface area contributed by atoms with Gasteiger partial charge < -0.3 is 20.7 Å². The second kappa shape index (κ2) is 10.9. The van der Waals surface area contributed by atoms with Gasteiger partial charge in [0, 0.05) is 25.0 Å². The molecule has 0 aromatic heterocycles. The summed E-state index contributed by atoms with van der Waals surface area (Å²) in [7, 11) is 1.77. The number of nitrogens with zero attached hydrogens (tertiary/aromatic N) is 1. The van der Waals surface area contributed by atoms with Crippen LogP contribution >= 0.6 is 0 Å². The van der Waals surface area contributed by atoms with E-state index in [1.165, 1.54) is 5.56 Å². The summed E-state index contributed by atoms with van der Waals surface area (Å²) in [6, 6.07) is 8.52. The number of hydrogen-bond acceptors (Lipinski definition) is 3. The van der Waals surface area contributed by atoms with Crippen molar-refractivity contribution < 1.29 is 9.53 Å². The Balaban J connectivity index is 1.78. The Morgan fingerprint density at radius 3 is 2.57 bits per heavy atom. The Kier molecular flexibility index (Phi) is 8.61. The number of ether oxygens (including phenoxy) is 1. The van der Waals surface area contributed by atoms with Gasteiger partial charge in [-0.2, -0.15) is 0 Å². The molecule has 156 valence electrons. The average Bonchev–Trinajstić information content (AvgIpc) is 2.66. The van der Waals surface area contributed by atoms with Crippen LogP contribution in [0.2, 0.25) is 0 Å². The Labute approximate surface area is 169 Å². The Hall–Kier alpha value is -2.24. The topological polar surface area (TPSA) is 74.8 Å². The molecule has 1 aliphatic rings. The van der Waals surface area contributed by atoms with Crippen LogP contribution in [0.4, 0.5) is 0 Å². The smallest absolute Gasteiger partial charge is 0.223 e. The number of benzene rings is 1. The van der Waals surface area contributed by atoms with Gasteiger partial charge in [0.05, 0.1) is 6.54 Å². The van der Waals surface area contributed by atoms with Gasteiger partial charge in [0.1, 0.15) is 11.9 Å². The molecule has 3 atom stereocenters. The minimum Gasteiger partial charge on any atom is -0.489 e. The van der Waals surface area contributed by atoms with E-state index in [-0.39, 0.29) is 30.0 Å². The van der Waals surface area contributed by atoms with E-state index in [4.69, 9.17) is 4.74 Å². The number of guanidine groups is 1. The highest BCUT2D eigenvalue weighted by Crippen LogP contribution is 2.24. The Morgan fingerprint density at radius 1 is 1.21 bits per heavy atom. The molecule has 0 radical (unpaired) electrons. The number of rotatable bonds is 7. The fourth-order valence-electron chi connectivity index (χ4n) is 3.48. The first-order valence-corrected chi connectivity index (χ1v) is 10.4. The lowest BCUT2D eigenvalue weighted by molar-refractivity contribution is -0.126. The van der Waals surface area contributed by atoms with Gasteiger partial charge in [0.25, 0.3) is 0 Å². The number of hydrogen-bond donors (Lipinski definition) is 3. The lowest BCUT2D eigenvalue weighted by Gasteiger charge is -2.30. The molecule has 0 bridgehead atoms. The predicted molar refractivity (Wildman–Crippen MR) is 115 cm³/mol. The van der Waals surface area contributed by atoms with Gasteiger partial charge in [-0.15, -0.1) is 0 Å². The van der Waals surface area contributed by atoms with E-state index in [0.29, 0.717) is 6.54 Å². The lowest BCUT2D eigenvalue weighted by Crippen LogP contribution is -2.49. The van der Waals surface area contributed by atoms with Crippen LogP contribution in [0.5, 0.6) is 5.75 Å². The van der Waals surface area contributed by atoms with Crippen LogP contribution in [0.15, 0.2) is 29.3 Å². The number of carbonyl (C=O) groups is 1. The van der Waals surface area contributed by atoms with Crippen LogP contribution in [0.3, 0.4) is 0 Å². The first kappa shape index (κ1) is 22.1. The summed E-state index contributed by atoms with van der Waals surface area (Å²) >= 11 is 0. The summed E-state index contributed by atoms with van der Waals surface area (Å²) in [6.07, 6.45) is 3.93.